The molecule has 2 unspecified atom stereocenters. The molecular weight excluding hydrogens is 227 g/mol. The molecule has 0 amide bonds. The summed E-state index contributed by atoms with van der Waals surface area (Å²) >= 11 is 0. The van der Waals surface area contributed by atoms with Crippen LogP contribution in [0.5, 0.6) is 0 Å². The van der Waals surface area contributed by atoms with Gasteiger partial charge in [-0.05, 0) is 42.9 Å². The Labute approximate surface area is 123 Å². The van der Waals surface area contributed by atoms with Crippen molar-refractivity contribution in [3.8, 4) is 0 Å². The van der Waals surface area contributed by atoms with E-state index in [9.17, 15) is 0 Å². The third-order valence-electron chi connectivity index (χ3n) is 5.63. The number of rotatable bonds is 10. The van der Waals surface area contributed by atoms with Crippen LogP contribution in [-0.2, 0) is 0 Å². The molecular formula is C18H37B. The van der Waals surface area contributed by atoms with Crippen molar-refractivity contribution in [1.82, 2.24) is 0 Å². The lowest BCUT2D eigenvalue weighted by atomic mass is 9.44. The molecule has 0 saturated heterocycles. The Morgan fingerprint density at radius 2 is 1.79 bits per heavy atom. The lowest BCUT2D eigenvalue weighted by Crippen LogP contribution is -2.28. The van der Waals surface area contributed by atoms with Crippen molar-refractivity contribution in [1.29, 1.82) is 0 Å². The molecule has 1 saturated carbocycles. The maximum Gasteiger partial charge on any atom is 0.136 e. The first-order valence-electron chi connectivity index (χ1n) is 9.10. The summed E-state index contributed by atoms with van der Waals surface area (Å²) in [7, 11) is 0. The molecule has 2 atom stereocenters. The van der Waals surface area contributed by atoms with Crippen molar-refractivity contribution in [2.75, 3.05) is 0 Å². The van der Waals surface area contributed by atoms with Gasteiger partial charge in [-0.15, -0.1) is 0 Å². The van der Waals surface area contributed by atoms with Crippen LogP contribution in [-0.4, -0.2) is 6.71 Å². The Balaban J connectivity index is 2.47. The molecule has 0 aromatic heterocycles. The Bertz CT molecular complexity index is 220. The van der Waals surface area contributed by atoms with Crippen molar-refractivity contribution in [3.05, 3.63) is 0 Å². The molecule has 19 heavy (non-hydrogen) atoms. The predicted molar refractivity (Wildman–Crippen MR) is 90.2 cm³/mol. The standard InChI is InChI=1S/C18H37B/c1-6-9-10-18(14-19(5)8-3)17(7-2)13-16-11-15(4)12-16/h15-18H,6-14H2,1-5H3. The van der Waals surface area contributed by atoms with Gasteiger partial charge in [0, 0.05) is 0 Å². The molecule has 1 fully saturated rings. The fourth-order valence-electron chi connectivity index (χ4n) is 4.08. The van der Waals surface area contributed by atoms with Gasteiger partial charge in [0.05, 0.1) is 0 Å². The summed E-state index contributed by atoms with van der Waals surface area (Å²) in [5.41, 5.74) is 0. The van der Waals surface area contributed by atoms with E-state index in [-0.39, 0.29) is 0 Å². The SMILES string of the molecule is CCCCC(CB(C)CC)C(CC)CC1CC(C)C1. The topological polar surface area (TPSA) is 0 Å². The molecule has 112 valence electrons. The first-order chi connectivity index (χ1) is 9.10. The average molecular weight is 264 g/mol. The summed E-state index contributed by atoms with van der Waals surface area (Å²) in [6, 6.07) is 0. The highest BCUT2D eigenvalue weighted by Crippen LogP contribution is 2.41. The normalized spacial score (nSPS) is 25.7. The lowest BCUT2D eigenvalue weighted by Gasteiger charge is -2.38. The van der Waals surface area contributed by atoms with E-state index in [1.165, 1.54) is 57.6 Å². The largest absolute Gasteiger partial charge is 0.136 e. The highest BCUT2D eigenvalue weighted by atomic mass is 14.3. The molecule has 0 radical (unpaired) electrons. The van der Waals surface area contributed by atoms with Crippen LogP contribution in [0.2, 0.25) is 19.5 Å². The molecule has 0 spiro atoms. The van der Waals surface area contributed by atoms with Gasteiger partial charge in [-0.1, -0.05) is 72.8 Å². The Hall–Kier alpha value is 0.0649. The lowest BCUT2D eigenvalue weighted by molar-refractivity contribution is 0.146. The van der Waals surface area contributed by atoms with Crippen molar-refractivity contribution in [2.45, 2.75) is 92.1 Å². The summed E-state index contributed by atoms with van der Waals surface area (Å²) in [5.74, 6) is 4.11. The summed E-state index contributed by atoms with van der Waals surface area (Å²) in [5, 5.41) is 0. The molecule has 1 aliphatic rings. The first kappa shape index (κ1) is 17.1. The van der Waals surface area contributed by atoms with Gasteiger partial charge in [-0.3, -0.25) is 0 Å². The van der Waals surface area contributed by atoms with E-state index < -0.39 is 0 Å². The third-order valence-corrected chi connectivity index (χ3v) is 5.63. The molecule has 0 aromatic carbocycles. The van der Waals surface area contributed by atoms with Crippen LogP contribution in [0.1, 0.15) is 72.6 Å². The van der Waals surface area contributed by atoms with Crippen molar-refractivity contribution >= 4 is 6.71 Å². The monoisotopic (exact) mass is 264 g/mol. The maximum absolute atomic E-state index is 2.46. The zero-order chi connectivity index (χ0) is 14.3. The van der Waals surface area contributed by atoms with Gasteiger partial charge in [0.2, 0.25) is 0 Å². The third kappa shape index (κ3) is 5.92. The number of hydrogen-bond acceptors (Lipinski definition) is 0. The number of hydrogen-bond donors (Lipinski definition) is 0. The van der Waals surface area contributed by atoms with Gasteiger partial charge in [0.15, 0.2) is 0 Å². The van der Waals surface area contributed by atoms with E-state index in [2.05, 4.69) is 34.5 Å². The molecule has 0 nitrogen and oxygen atoms in total. The Kier molecular flexibility index (Phi) is 8.18. The van der Waals surface area contributed by atoms with Crippen LogP contribution in [0.3, 0.4) is 0 Å². The second kappa shape index (κ2) is 9.08. The van der Waals surface area contributed by atoms with Crippen LogP contribution in [0, 0.1) is 23.7 Å². The minimum atomic E-state index is 0.927. The Morgan fingerprint density at radius 1 is 1.11 bits per heavy atom. The average Bonchev–Trinajstić information content (AvgIpc) is 2.38. The Morgan fingerprint density at radius 3 is 2.26 bits per heavy atom. The quantitative estimate of drug-likeness (QED) is 0.400. The van der Waals surface area contributed by atoms with E-state index in [0.717, 1.165) is 30.4 Å². The fraction of sp³-hybridized carbons (Fsp3) is 1.00. The number of unbranched alkanes of at least 4 members (excludes halogenated alkanes) is 1. The van der Waals surface area contributed by atoms with Crippen molar-refractivity contribution in [2.24, 2.45) is 23.7 Å². The zero-order valence-corrected chi connectivity index (χ0v) is 14.3. The molecule has 0 bridgehead atoms. The molecule has 1 aliphatic carbocycles. The van der Waals surface area contributed by atoms with Gasteiger partial charge >= 0.3 is 0 Å². The molecule has 1 rings (SSSR count). The second-order valence-electron chi connectivity index (χ2n) is 7.50. The highest BCUT2D eigenvalue weighted by molar-refractivity contribution is 6.57. The van der Waals surface area contributed by atoms with Crippen LogP contribution >= 0.6 is 0 Å². The summed E-state index contributed by atoms with van der Waals surface area (Å²) in [6.07, 6.45) is 13.1. The highest BCUT2D eigenvalue weighted by Gasteiger charge is 2.30. The molecule has 0 aromatic rings. The minimum Gasteiger partial charge on any atom is -0.0861 e. The minimum absolute atomic E-state index is 0.927. The van der Waals surface area contributed by atoms with E-state index in [1.54, 1.807) is 0 Å². The van der Waals surface area contributed by atoms with Gasteiger partial charge < -0.3 is 0 Å². The van der Waals surface area contributed by atoms with Crippen molar-refractivity contribution in [3.63, 3.8) is 0 Å². The zero-order valence-electron chi connectivity index (χ0n) is 14.3. The van der Waals surface area contributed by atoms with Gasteiger partial charge in [-0.2, -0.15) is 0 Å². The van der Waals surface area contributed by atoms with Crippen LogP contribution in [0.15, 0.2) is 0 Å². The van der Waals surface area contributed by atoms with E-state index in [0.29, 0.717) is 0 Å². The maximum atomic E-state index is 2.46. The first-order valence-corrected chi connectivity index (χ1v) is 9.10. The van der Waals surface area contributed by atoms with Crippen molar-refractivity contribution < 1.29 is 0 Å². The second-order valence-corrected chi connectivity index (χ2v) is 7.50. The molecule has 0 heterocycles. The van der Waals surface area contributed by atoms with Gasteiger partial charge in [-0.25, -0.2) is 0 Å². The summed E-state index contributed by atoms with van der Waals surface area (Å²) in [6.45, 7) is 12.9. The fourth-order valence-corrected chi connectivity index (χ4v) is 4.08. The van der Waals surface area contributed by atoms with E-state index in [1.807, 2.05) is 0 Å². The van der Waals surface area contributed by atoms with Crippen LogP contribution in [0.4, 0.5) is 0 Å². The summed E-state index contributed by atoms with van der Waals surface area (Å²) < 4.78 is 0. The van der Waals surface area contributed by atoms with E-state index in [4.69, 9.17) is 0 Å². The van der Waals surface area contributed by atoms with Gasteiger partial charge in [0.1, 0.15) is 6.71 Å². The summed E-state index contributed by atoms with van der Waals surface area (Å²) in [4.78, 5) is 0. The predicted octanol–water partition coefficient (Wildman–Crippen LogP) is 6.40. The van der Waals surface area contributed by atoms with Crippen LogP contribution in [0.25, 0.3) is 0 Å². The van der Waals surface area contributed by atoms with Crippen LogP contribution < -0.4 is 0 Å². The molecule has 1 heteroatoms. The molecule has 0 N–H and O–H groups in total. The van der Waals surface area contributed by atoms with Gasteiger partial charge in [0.25, 0.3) is 0 Å². The molecule has 0 aliphatic heterocycles. The van der Waals surface area contributed by atoms with E-state index >= 15 is 0 Å². The smallest absolute Gasteiger partial charge is 0.0861 e.